The quantitative estimate of drug-likeness (QED) is 0.726. The van der Waals surface area contributed by atoms with Crippen molar-refractivity contribution in [2.24, 2.45) is 7.05 Å². The Hall–Kier alpha value is -2.55. The number of nitrogens with zero attached hydrogens (tertiary/aromatic N) is 2. The Morgan fingerprint density at radius 3 is 2.52 bits per heavy atom. The zero-order valence-corrected chi connectivity index (χ0v) is 12.2. The lowest BCUT2D eigenvalue weighted by atomic mass is 10.1. The summed E-state index contributed by atoms with van der Waals surface area (Å²) in [5, 5.41) is 18.1. The Labute approximate surface area is 129 Å². The number of carbonyl (C=O) groups excluding carboxylic acids is 1. The summed E-state index contributed by atoms with van der Waals surface area (Å²) in [6, 6.07) is -0.284. The van der Waals surface area contributed by atoms with Crippen molar-refractivity contribution in [1.29, 1.82) is 0 Å². The second kappa shape index (κ2) is 7.14. The third-order valence-electron chi connectivity index (χ3n) is 3.11. The summed E-state index contributed by atoms with van der Waals surface area (Å²) < 4.78 is 40.9. The van der Waals surface area contributed by atoms with Gasteiger partial charge < -0.3 is 15.7 Å². The van der Waals surface area contributed by atoms with Gasteiger partial charge in [-0.2, -0.15) is 5.10 Å². The molecule has 0 bridgehead atoms. The highest BCUT2D eigenvalue weighted by atomic mass is 19.2. The van der Waals surface area contributed by atoms with Crippen LogP contribution in [0.4, 0.5) is 18.0 Å². The number of urea groups is 1. The van der Waals surface area contributed by atoms with Crippen LogP contribution in [0.2, 0.25) is 0 Å². The van der Waals surface area contributed by atoms with Gasteiger partial charge in [-0.3, -0.25) is 4.68 Å². The lowest BCUT2D eigenvalue weighted by molar-refractivity contribution is 0.216. The molecule has 1 aromatic heterocycles. The van der Waals surface area contributed by atoms with Crippen molar-refractivity contribution in [3.05, 3.63) is 53.1 Å². The normalized spacial score (nSPS) is 12.0. The third kappa shape index (κ3) is 4.22. The van der Waals surface area contributed by atoms with E-state index in [9.17, 15) is 23.1 Å². The van der Waals surface area contributed by atoms with E-state index < -0.39 is 36.1 Å². The van der Waals surface area contributed by atoms with E-state index in [0.717, 1.165) is 17.7 Å². The Kier molecular flexibility index (Phi) is 5.22. The number of carbonyl (C=O) groups is 1. The van der Waals surface area contributed by atoms with E-state index in [0.29, 0.717) is 0 Å². The van der Waals surface area contributed by atoms with Crippen molar-refractivity contribution >= 4 is 6.03 Å². The second-order valence-electron chi connectivity index (χ2n) is 4.88. The second-order valence-corrected chi connectivity index (χ2v) is 4.88. The maximum Gasteiger partial charge on any atom is 0.315 e. The number of aliphatic hydroxyl groups is 1. The highest BCUT2D eigenvalue weighted by Crippen LogP contribution is 2.19. The van der Waals surface area contributed by atoms with Crippen LogP contribution in [0.15, 0.2) is 24.5 Å². The molecule has 2 aromatic rings. The summed E-state index contributed by atoms with van der Waals surface area (Å²) in [7, 11) is 1.73. The van der Waals surface area contributed by atoms with E-state index in [2.05, 4.69) is 15.7 Å². The number of aliphatic hydroxyl groups excluding tert-OH is 1. The number of rotatable bonds is 5. The SMILES string of the molecule is Cn1cc(CNC(=O)NC(CO)c2cc(F)c(F)c(F)c2)cn1. The highest BCUT2D eigenvalue weighted by molar-refractivity contribution is 5.74. The molecule has 0 aliphatic heterocycles. The van der Waals surface area contributed by atoms with Crippen LogP contribution >= 0.6 is 0 Å². The molecule has 1 atom stereocenters. The fourth-order valence-corrected chi connectivity index (χ4v) is 1.97. The molecule has 124 valence electrons. The summed E-state index contributed by atoms with van der Waals surface area (Å²) >= 11 is 0. The Morgan fingerprint density at radius 2 is 2.00 bits per heavy atom. The zero-order chi connectivity index (χ0) is 17.0. The van der Waals surface area contributed by atoms with Crippen LogP contribution < -0.4 is 10.6 Å². The highest BCUT2D eigenvalue weighted by Gasteiger charge is 2.18. The number of benzene rings is 1. The Balaban J connectivity index is 1.99. The van der Waals surface area contributed by atoms with E-state index in [1.54, 1.807) is 24.1 Å². The molecule has 1 heterocycles. The van der Waals surface area contributed by atoms with Gasteiger partial charge in [-0.15, -0.1) is 0 Å². The van der Waals surface area contributed by atoms with E-state index in [4.69, 9.17) is 0 Å². The fourth-order valence-electron chi connectivity index (χ4n) is 1.97. The molecule has 0 aliphatic carbocycles. The first-order valence-corrected chi connectivity index (χ1v) is 6.68. The maximum absolute atomic E-state index is 13.2. The number of hydrogen-bond donors (Lipinski definition) is 3. The molecule has 2 rings (SSSR count). The third-order valence-corrected chi connectivity index (χ3v) is 3.11. The summed E-state index contributed by atoms with van der Waals surface area (Å²) in [6.07, 6.45) is 3.27. The largest absolute Gasteiger partial charge is 0.394 e. The minimum Gasteiger partial charge on any atom is -0.394 e. The molecular formula is C14H15F3N4O2. The number of hydrogen-bond acceptors (Lipinski definition) is 3. The van der Waals surface area contributed by atoms with E-state index in [1.807, 2.05) is 0 Å². The molecule has 0 aliphatic rings. The molecular weight excluding hydrogens is 313 g/mol. The molecule has 1 aromatic carbocycles. The number of aryl methyl sites for hydroxylation is 1. The van der Waals surface area contributed by atoms with Crippen LogP contribution in [0.3, 0.4) is 0 Å². The fraction of sp³-hybridized carbons (Fsp3) is 0.286. The van der Waals surface area contributed by atoms with E-state index in [1.165, 1.54) is 0 Å². The van der Waals surface area contributed by atoms with Gasteiger partial charge in [-0.05, 0) is 17.7 Å². The average molecular weight is 328 g/mol. The zero-order valence-electron chi connectivity index (χ0n) is 12.2. The van der Waals surface area contributed by atoms with Gasteiger partial charge in [0.25, 0.3) is 0 Å². The van der Waals surface area contributed by atoms with E-state index in [-0.39, 0.29) is 12.1 Å². The molecule has 0 spiro atoms. The topological polar surface area (TPSA) is 79.2 Å². The summed E-state index contributed by atoms with van der Waals surface area (Å²) in [6.45, 7) is -0.422. The molecule has 3 N–H and O–H groups in total. The molecule has 9 heteroatoms. The molecule has 6 nitrogen and oxygen atoms in total. The lowest BCUT2D eigenvalue weighted by Crippen LogP contribution is -2.39. The van der Waals surface area contributed by atoms with Crippen molar-refractivity contribution < 1.29 is 23.1 Å². The number of aromatic nitrogens is 2. The van der Waals surface area contributed by atoms with Crippen molar-refractivity contribution in [3.63, 3.8) is 0 Å². The van der Waals surface area contributed by atoms with Crippen molar-refractivity contribution in [2.75, 3.05) is 6.61 Å². The van der Waals surface area contributed by atoms with E-state index >= 15 is 0 Å². The van der Waals surface area contributed by atoms with Crippen LogP contribution in [0, 0.1) is 17.5 Å². The van der Waals surface area contributed by atoms with Gasteiger partial charge in [0.05, 0.1) is 18.8 Å². The van der Waals surface area contributed by atoms with Gasteiger partial charge in [0.1, 0.15) is 0 Å². The van der Waals surface area contributed by atoms with Gasteiger partial charge in [-0.1, -0.05) is 0 Å². The molecule has 1 unspecified atom stereocenters. The number of amides is 2. The van der Waals surface area contributed by atoms with Crippen LogP contribution in [-0.2, 0) is 13.6 Å². The van der Waals surface area contributed by atoms with Crippen LogP contribution in [0.5, 0.6) is 0 Å². The maximum atomic E-state index is 13.2. The molecule has 0 fully saturated rings. The van der Waals surface area contributed by atoms with Gasteiger partial charge in [-0.25, -0.2) is 18.0 Å². The van der Waals surface area contributed by atoms with Crippen LogP contribution in [0.1, 0.15) is 17.2 Å². The minimum absolute atomic E-state index is 0.0829. The van der Waals surface area contributed by atoms with Gasteiger partial charge in [0.2, 0.25) is 0 Å². The lowest BCUT2D eigenvalue weighted by Gasteiger charge is -2.17. The Bertz CT molecular complexity index is 682. The first-order valence-electron chi connectivity index (χ1n) is 6.68. The van der Waals surface area contributed by atoms with Crippen molar-refractivity contribution in [3.8, 4) is 0 Å². The molecule has 0 radical (unpaired) electrons. The predicted molar refractivity (Wildman–Crippen MR) is 74.7 cm³/mol. The summed E-state index contributed by atoms with van der Waals surface area (Å²) in [5.41, 5.74) is 0.669. The van der Waals surface area contributed by atoms with Crippen LogP contribution in [0.25, 0.3) is 0 Å². The molecule has 23 heavy (non-hydrogen) atoms. The monoisotopic (exact) mass is 328 g/mol. The van der Waals surface area contributed by atoms with Crippen molar-refractivity contribution in [1.82, 2.24) is 20.4 Å². The minimum atomic E-state index is -1.61. The number of halogens is 3. The predicted octanol–water partition coefficient (Wildman–Crippen LogP) is 1.37. The number of nitrogens with one attached hydrogen (secondary N) is 2. The summed E-state index contributed by atoms with van der Waals surface area (Å²) in [4.78, 5) is 11.8. The summed E-state index contributed by atoms with van der Waals surface area (Å²) in [5.74, 6) is -4.39. The molecule has 0 saturated carbocycles. The Morgan fingerprint density at radius 1 is 1.35 bits per heavy atom. The van der Waals surface area contributed by atoms with Gasteiger partial charge in [0, 0.05) is 25.4 Å². The van der Waals surface area contributed by atoms with Gasteiger partial charge in [0.15, 0.2) is 17.5 Å². The molecule has 0 saturated heterocycles. The smallest absolute Gasteiger partial charge is 0.315 e. The first-order chi connectivity index (χ1) is 10.9. The first kappa shape index (κ1) is 16.8. The standard InChI is InChI=1S/C14H15F3N4O2/c1-21-6-8(5-19-21)4-18-14(23)20-12(7-22)9-2-10(15)13(17)11(16)3-9/h2-3,5-6,12,22H,4,7H2,1H3,(H2,18,20,23). The molecule has 2 amide bonds. The van der Waals surface area contributed by atoms with Crippen LogP contribution in [-0.4, -0.2) is 27.5 Å². The average Bonchev–Trinajstić information content (AvgIpc) is 2.93. The van der Waals surface area contributed by atoms with Crippen molar-refractivity contribution in [2.45, 2.75) is 12.6 Å². The van der Waals surface area contributed by atoms with Gasteiger partial charge >= 0.3 is 6.03 Å².